The number of hydrogen-bond acceptors (Lipinski definition) is 6. The monoisotopic (exact) mass is 413 g/mol. The first-order valence-corrected chi connectivity index (χ1v) is 11.2. The van der Waals surface area contributed by atoms with Gasteiger partial charge >= 0.3 is 0 Å². The maximum Gasteiger partial charge on any atom is 0.233 e. The average Bonchev–Trinajstić information content (AvgIpc) is 3.09. The number of benzene rings is 1. The third kappa shape index (κ3) is 4.21. The number of hydrogen-bond donors (Lipinski definition) is 0. The molecule has 1 aliphatic rings. The quantitative estimate of drug-likeness (QED) is 0.469. The fourth-order valence-corrected chi connectivity index (χ4v) is 5.55. The number of amides is 1. The summed E-state index contributed by atoms with van der Waals surface area (Å²) >= 11 is 3.17. The second-order valence-corrected chi connectivity index (χ2v) is 9.11. The molecule has 1 amide bonds. The number of thiophene rings is 1. The van der Waals surface area contributed by atoms with Crippen molar-refractivity contribution in [3.8, 4) is 10.4 Å². The number of nitrogens with zero attached hydrogens (tertiary/aromatic N) is 3. The largest absolute Gasteiger partial charge is 0.372 e. The lowest BCUT2D eigenvalue weighted by molar-refractivity contribution is -0.140. The first kappa shape index (κ1) is 19.4. The van der Waals surface area contributed by atoms with Crippen LogP contribution in [-0.2, 0) is 9.53 Å². The molecule has 2 aromatic heterocycles. The smallest absolute Gasteiger partial charge is 0.233 e. The lowest BCUT2D eigenvalue weighted by Crippen LogP contribution is -2.48. The number of morpholine rings is 1. The van der Waals surface area contributed by atoms with Gasteiger partial charge in [0.05, 0.1) is 18.0 Å². The topological polar surface area (TPSA) is 55.3 Å². The summed E-state index contributed by atoms with van der Waals surface area (Å²) in [5.41, 5.74) is 1.17. The number of fused-ring (bicyclic) bond motifs is 1. The van der Waals surface area contributed by atoms with Crippen LogP contribution in [0.2, 0.25) is 0 Å². The Morgan fingerprint density at radius 3 is 2.64 bits per heavy atom. The maximum atomic E-state index is 12.7. The van der Waals surface area contributed by atoms with Crippen LogP contribution in [0.15, 0.2) is 41.4 Å². The summed E-state index contributed by atoms with van der Waals surface area (Å²) in [6, 6.07) is 12.4. The molecule has 0 aliphatic carbocycles. The van der Waals surface area contributed by atoms with Crippen molar-refractivity contribution < 1.29 is 9.53 Å². The molecule has 0 unspecified atom stereocenters. The summed E-state index contributed by atoms with van der Waals surface area (Å²) in [6.07, 6.45) is 0.159. The van der Waals surface area contributed by atoms with Crippen LogP contribution in [0.1, 0.15) is 19.7 Å². The van der Waals surface area contributed by atoms with Crippen LogP contribution in [0, 0.1) is 6.92 Å². The van der Waals surface area contributed by atoms with Crippen LogP contribution in [0.25, 0.3) is 20.7 Å². The SMILES string of the molecule is Cc1nc(SCC(=O)N2C[C@H](C)O[C@@H](C)C2)c2cc(-c3ccccc3)sc2n1. The van der Waals surface area contributed by atoms with Crippen molar-refractivity contribution in [1.82, 2.24) is 14.9 Å². The summed E-state index contributed by atoms with van der Waals surface area (Å²) in [5.74, 6) is 1.24. The number of ether oxygens (including phenoxy) is 1. The highest BCUT2D eigenvalue weighted by molar-refractivity contribution is 8.00. The minimum atomic E-state index is 0.0796. The summed E-state index contributed by atoms with van der Waals surface area (Å²) < 4.78 is 5.73. The van der Waals surface area contributed by atoms with Gasteiger partial charge in [-0.05, 0) is 32.4 Å². The molecular weight excluding hydrogens is 390 g/mol. The van der Waals surface area contributed by atoms with Crippen LogP contribution in [-0.4, -0.2) is 51.8 Å². The lowest BCUT2D eigenvalue weighted by Gasteiger charge is -2.35. The van der Waals surface area contributed by atoms with Gasteiger partial charge in [0.25, 0.3) is 0 Å². The molecule has 1 aromatic carbocycles. The Morgan fingerprint density at radius 1 is 1.21 bits per heavy atom. The predicted molar refractivity (Wildman–Crippen MR) is 115 cm³/mol. The normalized spacial score (nSPS) is 19.9. The fourth-order valence-electron chi connectivity index (χ4n) is 3.45. The second kappa shape index (κ2) is 8.19. The van der Waals surface area contributed by atoms with E-state index in [4.69, 9.17) is 4.74 Å². The zero-order chi connectivity index (χ0) is 19.7. The molecule has 0 saturated carbocycles. The van der Waals surface area contributed by atoms with Crippen LogP contribution in [0.3, 0.4) is 0 Å². The van der Waals surface area contributed by atoms with Crippen molar-refractivity contribution in [1.29, 1.82) is 0 Å². The fraction of sp³-hybridized carbons (Fsp3) is 0.381. The van der Waals surface area contributed by atoms with Gasteiger partial charge in [-0.3, -0.25) is 4.79 Å². The molecule has 3 aromatic rings. The number of aromatic nitrogens is 2. The van der Waals surface area contributed by atoms with Crippen molar-refractivity contribution >= 4 is 39.2 Å². The van der Waals surface area contributed by atoms with E-state index in [1.807, 2.05) is 43.9 Å². The van der Waals surface area contributed by atoms with E-state index >= 15 is 0 Å². The van der Waals surface area contributed by atoms with E-state index in [2.05, 4.69) is 28.2 Å². The molecule has 0 N–H and O–H groups in total. The van der Waals surface area contributed by atoms with E-state index < -0.39 is 0 Å². The molecule has 28 heavy (non-hydrogen) atoms. The average molecular weight is 414 g/mol. The number of carbonyl (C=O) groups excluding carboxylic acids is 1. The molecule has 0 spiro atoms. The Balaban J connectivity index is 1.55. The molecule has 0 radical (unpaired) electrons. The highest BCUT2D eigenvalue weighted by atomic mass is 32.2. The van der Waals surface area contributed by atoms with Gasteiger partial charge in [-0.1, -0.05) is 42.1 Å². The zero-order valence-electron chi connectivity index (χ0n) is 16.2. The molecule has 3 heterocycles. The Hall–Kier alpha value is -1.96. The molecule has 2 atom stereocenters. The Bertz CT molecular complexity index is 980. The van der Waals surface area contributed by atoms with Gasteiger partial charge < -0.3 is 9.64 Å². The number of rotatable bonds is 4. The molecular formula is C21H23N3O2S2. The van der Waals surface area contributed by atoms with Gasteiger partial charge in [-0.2, -0.15) is 0 Å². The van der Waals surface area contributed by atoms with E-state index in [-0.39, 0.29) is 18.1 Å². The number of aryl methyl sites for hydroxylation is 1. The number of carbonyl (C=O) groups is 1. The van der Waals surface area contributed by atoms with Crippen molar-refractivity contribution in [2.24, 2.45) is 0 Å². The molecule has 1 saturated heterocycles. The van der Waals surface area contributed by atoms with E-state index in [0.29, 0.717) is 18.8 Å². The highest BCUT2D eigenvalue weighted by Crippen LogP contribution is 2.36. The van der Waals surface area contributed by atoms with Crippen molar-refractivity contribution in [2.75, 3.05) is 18.8 Å². The van der Waals surface area contributed by atoms with Gasteiger partial charge in [0.2, 0.25) is 5.91 Å². The first-order valence-electron chi connectivity index (χ1n) is 9.39. The maximum absolute atomic E-state index is 12.7. The second-order valence-electron chi connectivity index (χ2n) is 7.12. The minimum absolute atomic E-state index is 0.0796. The van der Waals surface area contributed by atoms with Gasteiger partial charge in [0, 0.05) is 23.4 Å². The van der Waals surface area contributed by atoms with Crippen LogP contribution < -0.4 is 0 Å². The van der Waals surface area contributed by atoms with Crippen molar-refractivity contribution in [3.63, 3.8) is 0 Å². The molecule has 0 bridgehead atoms. The molecule has 4 rings (SSSR count). The van der Waals surface area contributed by atoms with E-state index in [0.717, 1.165) is 21.1 Å². The molecule has 1 aliphatic heterocycles. The van der Waals surface area contributed by atoms with Crippen LogP contribution in [0.5, 0.6) is 0 Å². The van der Waals surface area contributed by atoms with Gasteiger partial charge in [0.15, 0.2) is 0 Å². The molecule has 5 nitrogen and oxygen atoms in total. The van der Waals surface area contributed by atoms with E-state index in [9.17, 15) is 4.79 Å². The standard InChI is InChI=1S/C21H23N3O2S2/c1-13-10-24(11-14(2)26-13)19(25)12-27-20-17-9-18(16-7-5-4-6-8-16)28-21(17)23-15(3)22-20/h4-9,13-14H,10-12H2,1-3H3/t13-,14-/m0/s1. The van der Waals surface area contributed by atoms with Gasteiger partial charge in [-0.25, -0.2) is 9.97 Å². The van der Waals surface area contributed by atoms with Crippen molar-refractivity contribution in [2.45, 2.75) is 38.0 Å². The third-order valence-electron chi connectivity index (χ3n) is 4.63. The summed E-state index contributed by atoms with van der Waals surface area (Å²) in [7, 11) is 0. The van der Waals surface area contributed by atoms with Gasteiger partial charge in [-0.15, -0.1) is 11.3 Å². The lowest BCUT2D eigenvalue weighted by atomic mass is 10.2. The first-order chi connectivity index (χ1) is 13.5. The minimum Gasteiger partial charge on any atom is -0.372 e. The Morgan fingerprint density at radius 2 is 1.93 bits per heavy atom. The van der Waals surface area contributed by atoms with Crippen molar-refractivity contribution in [3.05, 3.63) is 42.2 Å². The molecule has 7 heteroatoms. The summed E-state index contributed by atoms with van der Waals surface area (Å²) in [4.78, 5) is 26.0. The van der Waals surface area contributed by atoms with Crippen LogP contribution >= 0.6 is 23.1 Å². The highest BCUT2D eigenvalue weighted by Gasteiger charge is 2.26. The predicted octanol–water partition coefficient (Wildman–Crippen LogP) is 4.39. The summed E-state index contributed by atoms with van der Waals surface area (Å²) in [6.45, 7) is 7.23. The van der Waals surface area contributed by atoms with E-state index in [1.165, 1.54) is 22.2 Å². The molecule has 1 fully saturated rings. The van der Waals surface area contributed by atoms with E-state index in [1.54, 1.807) is 11.3 Å². The zero-order valence-corrected chi connectivity index (χ0v) is 17.8. The Kier molecular flexibility index (Phi) is 5.66. The van der Waals surface area contributed by atoms with Crippen LogP contribution in [0.4, 0.5) is 0 Å². The Labute approximate surface area is 173 Å². The third-order valence-corrected chi connectivity index (χ3v) is 6.69. The summed E-state index contributed by atoms with van der Waals surface area (Å²) in [5, 5.41) is 1.90. The van der Waals surface area contributed by atoms with Gasteiger partial charge in [0.1, 0.15) is 15.7 Å². The molecule has 146 valence electrons. The number of thioether (sulfide) groups is 1.